The summed E-state index contributed by atoms with van der Waals surface area (Å²) in [5.74, 6) is -0.156. The molecule has 1 aromatic rings. The molecule has 1 amide bonds. The van der Waals surface area contributed by atoms with Crippen molar-refractivity contribution in [1.29, 1.82) is 0 Å². The Kier molecular flexibility index (Phi) is 4.86. The molecule has 2 aliphatic rings. The third kappa shape index (κ3) is 3.44. The Balaban J connectivity index is 1.87. The van der Waals surface area contributed by atoms with Gasteiger partial charge in [0.15, 0.2) is 0 Å². The quantitative estimate of drug-likeness (QED) is 0.750. The molecule has 0 unspecified atom stereocenters. The summed E-state index contributed by atoms with van der Waals surface area (Å²) in [7, 11) is -3.36. The SMILES string of the molecule is CCS(=O)(=O)N1CCOC[C@@]2(CN(c3cccnc3)C(=O)CO2)C1. The van der Waals surface area contributed by atoms with Gasteiger partial charge in [-0.1, -0.05) is 0 Å². The largest absolute Gasteiger partial charge is 0.377 e. The van der Waals surface area contributed by atoms with E-state index in [9.17, 15) is 13.2 Å². The molecule has 24 heavy (non-hydrogen) atoms. The van der Waals surface area contributed by atoms with Crippen LogP contribution in [0.15, 0.2) is 24.5 Å². The Labute approximate surface area is 141 Å². The van der Waals surface area contributed by atoms with Gasteiger partial charge in [0.25, 0.3) is 5.91 Å². The van der Waals surface area contributed by atoms with Gasteiger partial charge in [-0.15, -0.1) is 0 Å². The van der Waals surface area contributed by atoms with E-state index in [1.807, 2.05) is 0 Å². The number of pyridine rings is 1. The molecule has 9 heteroatoms. The van der Waals surface area contributed by atoms with Crippen LogP contribution in [0.5, 0.6) is 0 Å². The molecule has 2 aliphatic heterocycles. The molecule has 2 fully saturated rings. The van der Waals surface area contributed by atoms with Crippen LogP contribution in [0.4, 0.5) is 5.69 Å². The smallest absolute Gasteiger partial charge is 0.253 e. The average molecular weight is 355 g/mol. The van der Waals surface area contributed by atoms with Gasteiger partial charge in [0.05, 0.1) is 37.4 Å². The highest BCUT2D eigenvalue weighted by Gasteiger charge is 2.45. The van der Waals surface area contributed by atoms with E-state index in [-0.39, 0.29) is 38.0 Å². The van der Waals surface area contributed by atoms with Crippen molar-refractivity contribution in [3.63, 3.8) is 0 Å². The number of amides is 1. The van der Waals surface area contributed by atoms with Crippen molar-refractivity contribution in [1.82, 2.24) is 9.29 Å². The van der Waals surface area contributed by atoms with Crippen LogP contribution >= 0.6 is 0 Å². The maximum Gasteiger partial charge on any atom is 0.253 e. The summed E-state index contributed by atoms with van der Waals surface area (Å²) in [5.41, 5.74) is -0.206. The summed E-state index contributed by atoms with van der Waals surface area (Å²) >= 11 is 0. The molecule has 0 aliphatic carbocycles. The van der Waals surface area contributed by atoms with Crippen molar-refractivity contribution in [3.05, 3.63) is 24.5 Å². The number of ether oxygens (including phenoxy) is 2. The summed E-state index contributed by atoms with van der Waals surface area (Å²) in [5, 5.41) is 0. The van der Waals surface area contributed by atoms with Crippen LogP contribution in [0.25, 0.3) is 0 Å². The second-order valence-corrected chi connectivity index (χ2v) is 8.21. The van der Waals surface area contributed by atoms with Crippen LogP contribution in [0.3, 0.4) is 0 Å². The second kappa shape index (κ2) is 6.75. The summed E-state index contributed by atoms with van der Waals surface area (Å²) in [6, 6.07) is 3.55. The molecule has 8 nitrogen and oxygen atoms in total. The minimum atomic E-state index is -3.36. The minimum absolute atomic E-state index is 0.0222. The molecule has 2 saturated heterocycles. The number of carbonyl (C=O) groups excluding carboxylic acids is 1. The first-order valence-electron chi connectivity index (χ1n) is 7.86. The maximum absolute atomic E-state index is 12.3. The molecular formula is C15H21N3O5S. The Bertz CT molecular complexity index is 696. The summed E-state index contributed by atoms with van der Waals surface area (Å²) in [6.45, 7) is 2.75. The standard InChI is InChI=1S/C15H21N3O5S/c1-2-24(20,21)17-6-7-22-12-15(10-17)11-18(14(19)9-23-15)13-4-3-5-16-8-13/h3-5,8H,2,6-7,9-12H2,1H3/t15-/m0/s1. The number of nitrogens with zero attached hydrogens (tertiary/aromatic N) is 3. The molecule has 0 bridgehead atoms. The first kappa shape index (κ1) is 17.3. The van der Waals surface area contributed by atoms with Gasteiger partial charge >= 0.3 is 0 Å². The molecule has 1 aromatic heterocycles. The number of sulfonamides is 1. The predicted molar refractivity (Wildman–Crippen MR) is 87.1 cm³/mol. The Morgan fingerprint density at radius 3 is 2.92 bits per heavy atom. The van der Waals surface area contributed by atoms with Crippen LogP contribution in [0.1, 0.15) is 6.92 Å². The molecule has 0 saturated carbocycles. The van der Waals surface area contributed by atoms with E-state index < -0.39 is 15.6 Å². The number of anilines is 1. The van der Waals surface area contributed by atoms with E-state index in [1.54, 1.807) is 36.4 Å². The lowest BCUT2D eigenvalue weighted by atomic mass is 10.0. The van der Waals surface area contributed by atoms with Crippen LogP contribution in [-0.2, 0) is 24.3 Å². The number of hydrogen-bond donors (Lipinski definition) is 0. The van der Waals surface area contributed by atoms with Crippen molar-refractivity contribution < 1.29 is 22.7 Å². The fourth-order valence-electron chi connectivity index (χ4n) is 2.94. The highest BCUT2D eigenvalue weighted by Crippen LogP contribution is 2.27. The van der Waals surface area contributed by atoms with Crippen molar-refractivity contribution in [2.75, 3.05) is 50.1 Å². The summed E-state index contributed by atoms with van der Waals surface area (Å²) in [6.07, 6.45) is 3.24. The molecule has 1 atom stereocenters. The van der Waals surface area contributed by atoms with Crippen molar-refractivity contribution in [2.24, 2.45) is 0 Å². The number of hydrogen-bond acceptors (Lipinski definition) is 6. The third-order valence-corrected chi connectivity index (χ3v) is 6.11. The lowest BCUT2D eigenvalue weighted by Gasteiger charge is -2.42. The Hall–Kier alpha value is -1.55. The molecule has 0 aromatic carbocycles. The average Bonchev–Trinajstić information content (AvgIpc) is 2.81. The van der Waals surface area contributed by atoms with Gasteiger partial charge in [0, 0.05) is 19.3 Å². The number of rotatable bonds is 3. The zero-order chi connectivity index (χ0) is 17.2. The molecule has 0 radical (unpaired) electrons. The van der Waals surface area contributed by atoms with E-state index in [0.717, 1.165) is 0 Å². The molecule has 3 heterocycles. The van der Waals surface area contributed by atoms with Crippen molar-refractivity contribution >= 4 is 21.6 Å². The Morgan fingerprint density at radius 1 is 1.38 bits per heavy atom. The molecule has 0 N–H and O–H groups in total. The molecule has 3 rings (SSSR count). The van der Waals surface area contributed by atoms with E-state index in [1.165, 1.54) is 4.31 Å². The van der Waals surface area contributed by atoms with Gasteiger partial charge in [-0.05, 0) is 19.1 Å². The highest BCUT2D eigenvalue weighted by molar-refractivity contribution is 7.89. The Morgan fingerprint density at radius 2 is 2.21 bits per heavy atom. The van der Waals surface area contributed by atoms with Gasteiger partial charge in [0.2, 0.25) is 10.0 Å². The van der Waals surface area contributed by atoms with Crippen molar-refractivity contribution in [3.8, 4) is 0 Å². The monoisotopic (exact) mass is 355 g/mol. The maximum atomic E-state index is 12.3. The van der Waals surface area contributed by atoms with Crippen LogP contribution in [0, 0.1) is 0 Å². The van der Waals surface area contributed by atoms with Crippen LogP contribution in [-0.4, -0.2) is 74.4 Å². The summed E-state index contributed by atoms with van der Waals surface area (Å²) in [4.78, 5) is 17.9. The van der Waals surface area contributed by atoms with Crippen molar-refractivity contribution in [2.45, 2.75) is 12.5 Å². The zero-order valence-corrected chi connectivity index (χ0v) is 14.4. The molecular weight excluding hydrogens is 334 g/mol. The molecule has 1 spiro atoms. The van der Waals surface area contributed by atoms with Crippen LogP contribution in [0.2, 0.25) is 0 Å². The van der Waals surface area contributed by atoms with Gasteiger partial charge < -0.3 is 14.4 Å². The first-order valence-corrected chi connectivity index (χ1v) is 9.47. The van der Waals surface area contributed by atoms with Gasteiger partial charge in [0.1, 0.15) is 12.2 Å². The second-order valence-electron chi connectivity index (χ2n) is 5.95. The van der Waals surface area contributed by atoms with Gasteiger partial charge in [-0.3, -0.25) is 9.78 Å². The topological polar surface area (TPSA) is 89.0 Å². The van der Waals surface area contributed by atoms with Gasteiger partial charge in [-0.2, -0.15) is 4.31 Å². The normalized spacial score (nSPS) is 26.5. The van der Waals surface area contributed by atoms with Gasteiger partial charge in [-0.25, -0.2) is 8.42 Å². The lowest BCUT2D eigenvalue weighted by Crippen LogP contribution is -2.61. The van der Waals surface area contributed by atoms with E-state index >= 15 is 0 Å². The molecule has 132 valence electrons. The predicted octanol–water partition coefficient (Wildman–Crippen LogP) is -0.134. The first-order chi connectivity index (χ1) is 11.5. The van der Waals surface area contributed by atoms with E-state index in [2.05, 4.69) is 4.98 Å². The third-order valence-electron chi connectivity index (χ3n) is 4.28. The minimum Gasteiger partial charge on any atom is -0.377 e. The lowest BCUT2D eigenvalue weighted by molar-refractivity contribution is -0.145. The van der Waals surface area contributed by atoms with Crippen LogP contribution < -0.4 is 4.90 Å². The highest BCUT2D eigenvalue weighted by atomic mass is 32.2. The fourth-order valence-corrected chi connectivity index (χ4v) is 4.09. The number of morpholine rings is 1. The summed E-state index contributed by atoms with van der Waals surface area (Å²) < 4.78 is 37.3. The number of carbonyl (C=O) groups is 1. The van der Waals surface area contributed by atoms with E-state index in [4.69, 9.17) is 9.47 Å². The van der Waals surface area contributed by atoms with E-state index in [0.29, 0.717) is 18.8 Å². The number of aromatic nitrogens is 1. The fraction of sp³-hybridized carbons (Fsp3) is 0.600. The zero-order valence-electron chi connectivity index (χ0n) is 13.6.